The fourth-order valence-corrected chi connectivity index (χ4v) is 2.04. The smallest absolute Gasteiger partial charge is 0.325 e. The summed E-state index contributed by atoms with van der Waals surface area (Å²) in [4.78, 5) is 22.8. The summed E-state index contributed by atoms with van der Waals surface area (Å²) in [6.07, 6.45) is 0.772. The quantitative estimate of drug-likeness (QED) is 0.819. The van der Waals surface area contributed by atoms with Gasteiger partial charge in [-0.05, 0) is 30.4 Å². The van der Waals surface area contributed by atoms with Crippen molar-refractivity contribution in [1.82, 2.24) is 5.32 Å². The summed E-state index contributed by atoms with van der Waals surface area (Å²) in [5.74, 6) is -1.34. The molecule has 1 amide bonds. The number of amides is 1. The fraction of sp³-hybridized carbons (Fsp3) is 0.400. The molecule has 0 radical (unpaired) electrons. The summed E-state index contributed by atoms with van der Waals surface area (Å²) < 4.78 is 0. The van der Waals surface area contributed by atoms with Gasteiger partial charge in [0.2, 0.25) is 0 Å². The Kier molecular flexibility index (Phi) is 3.85. The number of rotatable bonds is 4. The minimum atomic E-state index is -1.03. The van der Waals surface area contributed by atoms with Crippen LogP contribution in [-0.4, -0.2) is 23.0 Å². The van der Waals surface area contributed by atoms with Crippen molar-refractivity contribution in [2.75, 3.05) is 0 Å². The van der Waals surface area contributed by atoms with E-state index in [0.717, 1.165) is 12.0 Å². The van der Waals surface area contributed by atoms with Gasteiger partial charge >= 0.3 is 5.97 Å². The number of aliphatic carboxylic acids is 1. The summed E-state index contributed by atoms with van der Waals surface area (Å²) in [6, 6.07) is 1.02. The van der Waals surface area contributed by atoms with Gasteiger partial charge in [0.15, 0.2) is 0 Å². The Labute approximate surface area is 91.9 Å². The zero-order valence-electron chi connectivity index (χ0n) is 8.61. The Bertz CT molecular complexity index is 372. The van der Waals surface area contributed by atoms with E-state index in [1.165, 1.54) is 18.3 Å². The molecule has 0 spiro atoms. The molecule has 0 saturated carbocycles. The third-order valence-corrected chi connectivity index (χ3v) is 3.01. The van der Waals surface area contributed by atoms with Gasteiger partial charge in [-0.1, -0.05) is 6.92 Å². The average Bonchev–Trinajstić information content (AvgIpc) is 2.64. The molecule has 0 saturated heterocycles. The number of hydrogen-bond donors (Lipinski definition) is 2. The molecule has 1 atom stereocenters. The molecular formula is C10H13NO3S. The Hall–Kier alpha value is -1.36. The van der Waals surface area contributed by atoms with Gasteiger partial charge in [-0.15, -0.1) is 11.3 Å². The average molecular weight is 227 g/mol. The number of carbonyl (C=O) groups is 2. The third-order valence-electron chi connectivity index (χ3n) is 2.05. The highest BCUT2D eigenvalue weighted by molar-refractivity contribution is 7.12. The normalized spacial score (nSPS) is 12.1. The zero-order valence-corrected chi connectivity index (χ0v) is 9.43. The van der Waals surface area contributed by atoms with Crippen molar-refractivity contribution in [3.63, 3.8) is 0 Å². The first-order valence-electron chi connectivity index (χ1n) is 4.66. The monoisotopic (exact) mass is 227 g/mol. The summed E-state index contributed by atoms with van der Waals surface area (Å²) in [7, 11) is 0. The third kappa shape index (κ3) is 2.79. The minimum absolute atomic E-state index is 0.309. The number of hydrogen-bond acceptors (Lipinski definition) is 3. The van der Waals surface area contributed by atoms with Crippen molar-refractivity contribution in [2.24, 2.45) is 0 Å². The minimum Gasteiger partial charge on any atom is -0.480 e. The molecular weight excluding hydrogens is 214 g/mol. The van der Waals surface area contributed by atoms with E-state index in [9.17, 15) is 9.59 Å². The van der Waals surface area contributed by atoms with Crippen LogP contribution in [-0.2, 0) is 11.2 Å². The van der Waals surface area contributed by atoms with Crippen LogP contribution in [0.2, 0.25) is 0 Å². The first-order valence-corrected chi connectivity index (χ1v) is 5.54. The van der Waals surface area contributed by atoms with E-state index in [1.807, 2.05) is 18.4 Å². The van der Waals surface area contributed by atoms with Crippen molar-refractivity contribution >= 4 is 23.2 Å². The molecule has 1 aromatic rings. The Morgan fingerprint density at radius 2 is 2.27 bits per heavy atom. The molecule has 0 aromatic carbocycles. The van der Waals surface area contributed by atoms with Gasteiger partial charge in [-0.3, -0.25) is 9.59 Å². The van der Waals surface area contributed by atoms with Crippen LogP contribution in [0.25, 0.3) is 0 Å². The number of carbonyl (C=O) groups excluding carboxylic acids is 1. The van der Waals surface area contributed by atoms with Crippen LogP contribution in [0.15, 0.2) is 11.4 Å². The van der Waals surface area contributed by atoms with E-state index in [4.69, 9.17) is 5.11 Å². The maximum atomic E-state index is 11.6. The Morgan fingerprint density at radius 1 is 1.60 bits per heavy atom. The first-order chi connectivity index (χ1) is 7.06. The Morgan fingerprint density at radius 3 is 2.80 bits per heavy atom. The lowest BCUT2D eigenvalue weighted by Gasteiger charge is -2.08. The van der Waals surface area contributed by atoms with Crippen molar-refractivity contribution < 1.29 is 14.7 Å². The second-order valence-electron chi connectivity index (χ2n) is 3.16. The van der Waals surface area contributed by atoms with Crippen molar-refractivity contribution in [3.8, 4) is 0 Å². The number of aryl methyl sites for hydroxylation is 1. The molecule has 15 heavy (non-hydrogen) atoms. The number of thiophene rings is 1. The lowest BCUT2D eigenvalue weighted by Crippen LogP contribution is -2.38. The summed E-state index contributed by atoms with van der Waals surface area (Å²) in [6.45, 7) is 3.40. The van der Waals surface area contributed by atoms with Gasteiger partial charge in [0.25, 0.3) is 5.91 Å². The fourth-order valence-electron chi connectivity index (χ4n) is 1.14. The summed E-state index contributed by atoms with van der Waals surface area (Å²) >= 11 is 1.33. The van der Waals surface area contributed by atoms with E-state index in [1.54, 1.807) is 0 Å². The molecule has 1 heterocycles. The highest BCUT2D eigenvalue weighted by atomic mass is 32.1. The lowest BCUT2D eigenvalue weighted by molar-refractivity contribution is -0.138. The highest BCUT2D eigenvalue weighted by Gasteiger charge is 2.17. The van der Waals surface area contributed by atoms with E-state index >= 15 is 0 Å². The SMILES string of the molecule is CCc1ccsc1C(=O)N[C@@H](C)C(=O)O. The lowest BCUT2D eigenvalue weighted by atomic mass is 10.2. The van der Waals surface area contributed by atoms with Gasteiger partial charge in [-0.25, -0.2) is 0 Å². The summed E-state index contributed by atoms with van der Waals surface area (Å²) in [5, 5.41) is 12.9. The van der Waals surface area contributed by atoms with Crippen molar-refractivity contribution in [3.05, 3.63) is 21.9 Å². The maximum absolute atomic E-state index is 11.6. The molecule has 1 rings (SSSR count). The van der Waals surface area contributed by atoms with E-state index in [2.05, 4.69) is 5.32 Å². The van der Waals surface area contributed by atoms with E-state index < -0.39 is 12.0 Å². The molecule has 5 heteroatoms. The Balaban J connectivity index is 2.73. The maximum Gasteiger partial charge on any atom is 0.325 e. The van der Waals surface area contributed by atoms with Gasteiger partial charge in [0.1, 0.15) is 6.04 Å². The van der Waals surface area contributed by atoms with Crippen LogP contribution in [0.4, 0.5) is 0 Å². The van der Waals surface area contributed by atoms with Crippen LogP contribution in [0.1, 0.15) is 29.1 Å². The second kappa shape index (κ2) is 4.93. The molecule has 0 aliphatic heterocycles. The largest absolute Gasteiger partial charge is 0.480 e. The highest BCUT2D eigenvalue weighted by Crippen LogP contribution is 2.17. The molecule has 82 valence electrons. The van der Waals surface area contributed by atoms with Crippen LogP contribution in [0.5, 0.6) is 0 Å². The first kappa shape index (κ1) is 11.7. The number of carboxylic acids is 1. The molecule has 2 N–H and O–H groups in total. The molecule has 0 bridgehead atoms. The van der Waals surface area contributed by atoms with Crippen molar-refractivity contribution in [2.45, 2.75) is 26.3 Å². The van der Waals surface area contributed by atoms with E-state index in [0.29, 0.717) is 4.88 Å². The molecule has 4 nitrogen and oxygen atoms in total. The molecule has 0 unspecified atom stereocenters. The van der Waals surface area contributed by atoms with Gasteiger partial charge < -0.3 is 10.4 Å². The van der Waals surface area contributed by atoms with Gasteiger partial charge in [-0.2, -0.15) is 0 Å². The molecule has 0 aliphatic rings. The van der Waals surface area contributed by atoms with E-state index in [-0.39, 0.29) is 5.91 Å². The summed E-state index contributed by atoms with van der Waals surface area (Å²) in [5.41, 5.74) is 0.954. The standard InChI is InChI=1S/C10H13NO3S/c1-3-7-4-5-15-8(7)9(12)11-6(2)10(13)14/h4-6H,3H2,1-2H3,(H,11,12)(H,13,14)/t6-/m0/s1. The predicted octanol–water partition coefficient (Wildman–Crippen LogP) is 1.51. The van der Waals surface area contributed by atoms with Crippen LogP contribution in [0.3, 0.4) is 0 Å². The molecule has 0 aliphatic carbocycles. The molecule has 1 aromatic heterocycles. The van der Waals surface area contributed by atoms with Gasteiger partial charge in [0, 0.05) is 0 Å². The van der Waals surface area contributed by atoms with Crippen LogP contribution < -0.4 is 5.32 Å². The number of nitrogens with one attached hydrogen (secondary N) is 1. The predicted molar refractivity (Wildman–Crippen MR) is 58.3 cm³/mol. The van der Waals surface area contributed by atoms with Gasteiger partial charge in [0.05, 0.1) is 4.88 Å². The number of carboxylic acid groups (broad SMARTS) is 1. The second-order valence-corrected chi connectivity index (χ2v) is 4.08. The van der Waals surface area contributed by atoms with Crippen LogP contribution >= 0.6 is 11.3 Å². The van der Waals surface area contributed by atoms with Crippen molar-refractivity contribution in [1.29, 1.82) is 0 Å². The zero-order chi connectivity index (χ0) is 11.4. The molecule has 0 fully saturated rings. The topological polar surface area (TPSA) is 66.4 Å². The van der Waals surface area contributed by atoms with Crippen LogP contribution in [0, 0.1) is 0 Å².